The van der Waals surface area contributed by atoms with Gasteiger partial charge >= 0.3 is 0 Å². The molecule has 2 aromatic carbocycles. The molecule has 0 radical (unpaired) electrons. The summed E-state index contributed by atoms with van der Waals surface area (Å²) in [7, 11) is 0. The molecule has 2 aromatic rings. The Bertz CT molecular complexity index is 425. The molecule has 0 amide bonds. The normalized spacial score (nSPS) is 8.81. The van der Waals surface area contributed by atoms with Crippen molar-refractivity contribution in [3.05, 3.63) is 60.4 Å². The fraction of sp³-hybridized carbons (Fsp3) is 0. The van der Waals surface area contributed by atoms with Gasteiger partial charge in [-0.25, -0.2) is 4.39 Å². The van der Waals surface area contributed by atoms with Crippen LogP contribution in [0.1, 0.15) is 0 Å². The Kier molecular flexibility index (Phi) is 4.73. The molecule has 16 heavy (non-hydrogen) atoms. The van der Waals surface area contributed by atoms with Gasteiger partial charge in [0.2, 0.25) is 0 Å². The standard InChI is InChI=1S/C7H6FN.C6H6O/c1-9-7-4-2-6(8)3-5-7;7-6-4-2-1-3-5-6/h2-5H,1H2;1-5,7H. The van der Waals surface area contributed by atoms with E-state index in [0.29, 0.717) is 11.4 Å². The minimum absolute atomic E-state index is 0.248. The number of para-hydroxylation sites is 1. The van der Waals surface area contributed by atoms with Crippen molar-refractivity contribution in [3.8, 4) is 5.75 Å². The first-order valence-corrected chi connectivity index (χ1v) is 4.68. The Morgan fingerprint density at radius 2 is 1.50 bits per heavy atom. The molecule has 0 aliphatic carbocycles. The van der Waals surface area contributed by atoms with E-state index in [2.05, 4.69) is 11.7 Å². The van der Waals surface area contributed by atoms with Gasteiger partial charge in [0.25, 0.3) is 0 Å². The van der Waals surface area contributed by atoms with Gasteiger partial charge in [0.1, 0.15) is 11.6 Å². The first-order valence-electron chi connectivity index (χ1n) is 4.68. The molecule has 0 aliphatic heterocycles. The molecule has 0 saturated heterocycles. The van der Waals surface area contributed by atoms with Gasteiger partial charge in [-0.1, -0.05) is 18.2 Å². The van der Waals surface area contributed by atoms with E-state index in [1.54, 1.807) is 36.4 Å². The molecule has 2 nitrogen and oxygen atoms in total. The first kappa shape index (κ1) is 11.9. The van der Waals surface area contributed by atoms with E-state index in [9.17, 15) is 4.39 Å². The number of aromatic hydroxyl groups is 1. The summed E-state index contributed by atoms with van der Waals surface area (Å²) in [5.41, 5.74) is 0.691. The van der Waals surface area contributed by atoms with Crippen LogP contribution >= 0.6 is 0 Å². The van der Waals surface area contributed by atoms with Crippen LogP contribution in [0.2, 0.25) is 0 Å². The van der Waals surface area contributed by atoms with Gasteiger partial charge in [-0.3, -0.25) is 4.99 Å². The van der Waals surface area contributed by atoms with Crippen molar-refractivity contribution < 1.29 is 9.50 Å². The fourth-order valence-electron chi connectivity index (χ4n) is 0.974. The highest BCUT2D eigenvalue weighted by molar-refractivity contribution is 5.44. The third-order valence-corrected chi connectivity index (χ3v) is 1.77. The Labute approximate surface area is 93.7 Å². The quantitative estimate of drug-likeness (QED) is 0.728. The Hall–Kier alpha value is -2.16. The third kappa shape index (κ3) is 4.37. The van der Waals surface area contributed by atoms with Crippen LogP contribution < -0.4 is 0 Å². The molecule has 0 unspecified atom stereocenters. The second kappa shape index (κ2) is 6.35. The molecule has 0 heterocycles. The zero-order valence-electron chi connectivity index (χ0n) is 8.68. The van der Waals surface area contributed by atoms with E-state index in [4.69, 9.17) is 5.11 Å². The summed E-state index contributed by atoms with van der Waals surface area (Å²) in [5, 5.41) is 8.63. The van der Waals surface area contributed by atoms with Gasteiger partial charge in [0.15, 0.2) is 0 Å². The molecule has 82 valence electrons. The minimum Gasteiger partial charge on any atom is -0.508 e. The molecular formula is C13H12FNO. The predicted molar refractivity (Wildman–Crippen MR) is 63.7 cm³/mol. The number of nitrogens with zero attached hydrogens (tertiary/aromatic N) is 1. The summed E-state index contributed by atoms with van der Waals surface area (Å²) in [6.45, 7) is 3.29. The Balaban J connectivity index is 0.000000165. The summed E-state index contributed by atoms with van der Waals surface area (Å²) in [5.74, 6) is 0.0740. The van der Waals surface area contributed by atoms with Gasteiger partial charge in [-0.05, 0) is 43.1 Å². The highest BCUT2D eigenvalue weighted by atomic mass is 19.1. The zero-order valence-corrected chi connectivity index (χ0v) is 8.68. The molecular weight excluding hydrogens is 205 g/mol. The van der Waals surface area contributed by atoms with Crippen LogP contribution in [0.5, 0.6) is 5.75 Å². The first-order chi connectivity index (χ1) is 7.72. The maximum atomic E-state index is 12.2. The lowest BCUT2D eigenvalue weighted by atomic mass is 10.3. The van der Waals surface area contributed by atoms with Crippen LogP contribution in [0.15, 0.2) is 59.6 Å². The molecule has 0 aromatic heterocycles. The van der Waals surface area contributed by atoms with E-state index < -0.39 is 0 Å². The number of hydrogen-bond donors (Lipinski definition) is 1. The number of halogens is 1. The monoisotopic (exact) mass is 217 g/mol. The number of hydrogen-bond acceptors (Lipinski definition) is 2. The summed E-state index contributed by atoms with van der Waals surface area (Å²) < 4.78 is 12.2. The van der Waals surface area contributed by atoms with Crippen LogP contribution in [0, 0.1) is 5.82 Å². The van der Waals surface area contributed by atoms with Crippen molar-refractivity contribution >= 4 is 12.4 Å². The molecule has 2 rings (SSSR count). The number of rotatable bonds is 1. The van der Waals surface area contributed by atoms with Crippen LogP contribution in [0.25, 0.3) is 0 Å². The van der Waals surface area contributed by atoms with Gasteiger partial charge in [0.05, 0.1) is 5.69 Å². The lowest BCUT2D eigenvalue weighted by Crippen LogP contribution is -1.67. The van der Waals surface area contributed by atoms with Crippen molar-refractivity contribution in [2.45, 2.75) is 0 Å². The predicted octanol–water partition coefficient (Wildman–Crippen LogP) is 3.55. The maximum Gasteiger partial charge on any atom is 0.123 e. The lowest BCUT2D eigenvalue weighted by molar-refractivity contribution is 0.475. The molecule has 0 fully saturated rings. The molecule has 3 heteroatoms. The summed E-state index contributed by atoms with van der Waals surface area (Å²) >= 11 is 0. The number of phenolic OH excluding ortho intramolecular Hbond substituents is 1. The van der Waals surface area contributed by atoms with E-state index in [0.717, 1.165) is 0 Å². The van der Waals surface area contributed by atoms with Crippen molar-refractivity contribution in [1.29, 1.82) is 0 Å². The van der Waals surface area contributed by atoms with E-state index in [-0.39, 0.29) is 5.82 Å². The van der Waals surface area contributed by atoms with Crippen molar-refractivity contribution in [2.24, 2.45) is 4.99 Å². The maximum absolute atomic E-state index is 12.2. The number of phenols is 1. The van der Waals surface area contributed by atoms with Gasteiger partial charge in [0, 0.05) is 0 Å². The molecule has 0 aliphatic rings. The fourth-order valence-corrected chi connectivity index (χ4v) is 0.974. The van der Waals surface area contributed by atoms with Crippen molar-refractivity contribution in [3.63, 3.8) is 0 Å². The van der Waals surface area contributed by atoms with Crippen LogP contribution in [0.4, 0.5) is 10.1 Å². The van der Waals surface area contributed by atoms with Gasteiger partial charge in [-0.15, -0.1) is 0 Å². The highest BCUT2D eigenvalue weighted by Gasteiger charge is 1.86. The molecule has 0 spiro atoms. The van der Waals surface area contributed by atoms with Crippen LogP contribution in [-0.2, 0) is 0 Å². The van der Waals surface area contributed by atoms with Gasteiger partial charge < -0.3 is 5.11 Å². The summed E-state index contributed by atoms with van der Waals surface area (Å²) in [6, 6.07) is 14.6. The largest absolute Gasteiger partial charge is 0.508 e. The highest BCUT2D eigenvalue weighted by Crippen LogP contribution is 2.09. The van der Waals surface area contributed by atoms with E-state index in [1.165, 1.54) is 12.1 Å². The number of benzene rings is 2. The molecule has 0 atom stereocenters. The molecule has 0 bridgehead atoms. The van der Waals surface area contributed by atoms with Crippen LogP contribution in [0.3, 0.4) is 0 Å². The molecule has 1 N–H and O–H groups in total. The third-order valence-electron chi connectivity index (χ3n) is 1.77. The second-order valence-corrected chi connectivity index (χ2v) is 2.97. The molecule has 0 saturated carbocycles. The van der Waals surface area contributed by atoms with Crippen molar-refractivity contribution in [1.82, 2.24) is 0 Å². The number of aliphatic imine (C=N–C) groups is 1. The lowest BCUT2D eigenvalue weighted by Gasteiger charge is -1.88. The van der Waals surface area contributed by atoms with Gasteiger partial charge in [-0.2, -0.15) is 0 Å². The second-order valence-electron chi connectivity index (χ2n) is 2.97. The Morgan fingerprint density at radius 3 is 1.88 bits per heavy atom. The Morgan fingerprint density at radius 1 is 0.938 bits per heavy atom. The minimum atomic E-state index is -0.248. The summed E-state index contributed by atoms with van der Waals surface area (Å²) in [6.07, 6.45) is 0. The average Bonchev–Trinajstić information content (AvgIpc) is 2.32. The zero-order chi connectivity index (χ0) is 11.8. The van der Waals surface area contributed by atoms with Crippen LogP contribution in [-0.4, -0.2) is 11.8 Å². The summed E-state index contributed by atoms with van der Waals surface area (Å²) in [4.78, 5) is 3.60. The SMILES string of the molecule is C=Nc1ccc(F)cc1.Oc1ccccc1. The van der Waals surface area contributed by atoms with Crippen molar-refractivity contribution in [2.75, 3.05) is 0 Å². The topological polar surface area (TPSA) is 32.6 Å². The van der Waals surface area contributed by atoms with E-state index >= 15 is 0 Å². The smallest absolute Gasteiger partial charge is 0.123 e. The average molecular weight is 217 g/mol. The van der Waals surface area contributed by atoms with E-state index in [1.807, 2.05) is 6.07 Å².